The molecule has 0 radical (unpaired) electrons. The molecule has 0 amide bonds. The second-order valence-corrected chi connectivity index (χ2v) is 15.5. The van der Waals surface area contributed by atoms with E-state index in [-0.39, 0.29) is 22.9 Å². The van der Waals surface area contributed by atoms with Gasteiger partial charge in [0.15, 0.2) is 11.6 Å². The zero-order valence-electron chi connectivity index (χ0n) is 29.4. The number of hydrogen-bond donors (Lipinski definition) is 2. The minimum atomic E-state index is -4.22. The predicted octanol–water partition coefficient (Wildman–Crippen LogP) is 6.36. The minimum absolute atomic E-state index is 0.0459. The standard InChI is InChI=1S/C27H42O5.C8H11NO4S/c1-24(2,3)22(29)20(16-17-28)32-27(9,10)26(7,8)23(30)21(31-25(4,5)6)18-19-14-12-11-13-15-19;1-9-7-4-3-6(13-2)5-8(7)14(10,11)12/h11-15,17,20-21H,16,18H2,1-10H3;3-5,9H,1-2H3,(H,10,11,12). The zero-order valence-corrected chi connectivity index (χ0v) is 30.2. The third-order valence-electron chi connectivity index (χ3n) is 7.69. The number of aldehydes is 1. The maximum absolute atomic E-state index is 13.8. The quantitative estimate of drug-likeness (QED) is 0.173. The van der Waals surface area contributed by atoms with Crippen LogP contribution in [0.1, 0.15) is 81.2 Å². The molecule has 2 rings (SSSR count). The molecule has 0 bridgehead atoms. The summed E-state index contributed by atoms with van der Waals surface area (Å²) in [6, 6.07) is 14.1. The van der Waals surface area contributed by atoms with Crippen molar-refractivity contribution in [2.45, 2.75) is 110 Å². The molecule has 10 nitrogen and oxygen atoms in total. The van der Waals surface area contributed by atoms with E-state index in [1.807, 2.05) is 65.0 Å². The van der Waals surface area contributed by atoms with E-state index in [2.05, 4.69) is 5.32 Å². The molecule has 2 aromatic rings. The van der Waals surface area contributed by atoms with Crippen molar-refractivity contribution in [3.05, 3.63) is 54.1 Å². The number of ether oxygens (including phenoxy) is 3. The first-order valence-corrected chi connectivity index (χ1v) is 16.6. The van der Waals surface area contributed by atoms with Crippen molar-refractivity contribution in [1.29, 1.82) is 0 Å². The Kier molecular flexibility index (Phi) is 14.3. The molecule has 0 aromatic heterocycles. The van der Waals surface area contributed by atoms with E-state index in [1.54, 1.807) is 47.7 Å². The first-order chi connectivity index (χ1) is 20.9. The summed E-state index contributed by atoms with van der Waals surface area (Å²) < 4.78 is 48.1. The zero-order chi connectivity index (χ0) is 35.7. The van der Waals surface area contributed by atoms with Crippen LogP contribution in [0.3, 0.4) is 0 Å². The van der Waals surface area contributed by atoms with Gasteiger partial charge < -0.3 is 24.3 Å². The number of rotatable bonds is 14. The van der Waals surface area contributed by atoms with Gasteiger partial charge in [-0.05, 0) is 52.3 Å². The highest BCUT2D eigenvalue weighted by molar-refractivity contribution is 7.86. The molecule has 0 fully saturated rings. The maximum atomic E-state index is 13.8. The number of anilines is 1. The van der Waals surface area contributed by atoms with E-state index in [9.17, 15) is 22.8 Å². The average Bonchev–Trinajstić information content (AvgIpc) is 2.94. The Hall–Kier alpha value is -3.12. The number of benzene rings is 2. The predicted molar refractivity (Wildman–Crippen MR) is 180 cm³/mol. The van der Waals surface area contributed by atoms with Crippen LogP contribution < -0.4 is 10.1 Å². The Bertz CT molecular complexity index is 1420. The van der Waals surface area contributed by atoms with E-state index in [1.165, 1.54) is 19.2 Å². The summed E-state index contributed by atoms with van der Waals surface area (Å²) in [6.45, 7) is 18.4. The van der Waals surface area contributed by atoms with Crippen LogP contribution in [0.15, 0.2) is 53.4 Å². The molecular formula is C35H53NO9S. The summed E-state index contributed by atoms with van der Waals surface area (Å²) in [5.74, 6) is 0.110. The van der Waals surface area contributed by atoms with Crippen molar-refractivity contribution in [3.63, 3.8) is 0 Å². The highest BCUT2D eigenvalue weighted by Gasteiger charge is 2.49. The van der Waals surface area contributed by atoms with E-state index in [0.717, 1.165) is 5.56 Å². The molecule has 11 heteroatoms. The van der Waals surface area contributed by atoms with E-state index in [4.69, 9.17) is 18.8 Å². The summed E-state index contributed by atoms with van der Waals surface area (Å²) in [4.78, 5) is 37.8. The van der Waals surface area contributed by atoms with Crippen molar-refractivity contribution >= 4 is 33.7 Å². The first-order valence-electron chi connectivity index (χ1n) is 15.2. The molecular weight excluding hydrogens is 610 g/mol. The van der Waals surface area contributed by atoms with E-state index in [0.29, 0.717) is 24.1 Å². The summed E-state index contributed by atoms with van der Waals surface area (Å²) >= 11 is 0. The summed E-state index contributed by atoms with van der Waals surface area (Å²) in [7, 11) is -1.24. The second-order valence-electron chi connectivity index (χ2n) is 14.1. The lowest BCUT2D eigenvalue weighted by Crippen LogP contribution is -2.55. The van der Waals surface area contributed by atoms with Crippen LogP contribution in [0.4, 0.5) is 5.69 Å². The Balaban J connectivity index is 0.000000626. The molecule has 0 heterocycles. The number of nitrogens with one attached hydrogen (secondary N) is 1. The normalized spacial score (nSPS) is 13.9. The van der Waals surface area contributed by atoms with Crippen LogP contribution in [0.2, 0.25) is 0 Å². The molecule has 0 aliphatic carbocycles. The van der Waals surface area contributed by atoms with Crippen molar-refractivity contribution in [2.75, 3.05) is 19.5 Å². The van der Waals surface area contributed by atoms with Gasteiger partial charge in [0.1, 0.15) is 29.1 Å². The van der Waals surface area contributed by atoms with Gasteiger partial charge in [-0.2, -0.15) is 8.42 Å². The van der Waals surface area contributed by atoms with Crippen LogP contribution in [0.5, 0.6) is 5.75 Å². The van der Waals surface area contributed by atoms with Gasteiger partial charge >= 0.3 is 0 Å². The third kappa shape index (κ3) is 11.9. The maximum Gasteiger partial charge on any atom is 0.296 e. The minimum Gasteiger partial charge on any atom is -0.497 e. The lowest BCUT2D eigenvalue weighted by atomic mass is 9.71. The van der Waals surface area contributed by atoms with Crippen LogP contribution >= 0.6 is 0 Å². The largest absolute Gasteiger partial charge is 0.497 e. The molecule has 2 unspecified atom stereocenters. The topological polar surface area (TPSA) is 145 Å². The lowest BCUT2D eigenvalue weighted by molar-refractivity contribution is -0.182. The molecule has 2 atom stereocenters. The number of Topliss-reactive ketones (excluding diaryl/α,β-unsaturated/α-hetero) is 2. The molecule has 46 heavy (non-hydrogen) atoms. The number of carbonyl (C=O) groups is 3. The number of methoxy groups -OCH3 is 1. The Morgan fingerprint density at radius 1 is 0.870 bits per heavy atom. The molecule has 2 aromatic carbocycles. The SMILES string of the molecule is CC(C)(C)OC(Cc1ccccc1)C(=O)C(C)(C)C(C)(C)OC(CC=O)C(=O)C(C)(C)C.CNc1ccc(OC)cc1S(=O)(=O)O. The van der Waals surface area contributed by atoms with Crippen LogP contribution in [-0.4, -0.2) is 68.4 Å². The molecule has 0 spiro atoms. The molecule has 0 aliphatic heterocycles. The first kappa shape index (κ1) is 40.9. The molecule has 0 aliphatic rings. The van der Waals surface area contributed by atoms with Gasteiger partial charge in [0, 0.05) is 31.4 Å². The average molecular weight is 664 g/mol. The van der Waals surface area contributed by atoms with Gasteiger partial charge in [0.05, 0.1) is 29.4 Å². The van der Waals surface area contributed by atoms with Crippen molar-refractivity contribution in [1.82, 2.24) is 0 Å². The fourth-order valence-electron chi connectivity index (χ4n) is 4.47. The molecule has 258 valence electrons. The molecule has 2 N–H and O–H groups in total. The smallest absolute Gasteiger partial charge is 0.296 e. The molecule has 0 saturated heterocycles. The second kappa shape index (κ2) is 16.1. The Morgan fingerprint density at radius 3 is 1.87 bits per heavy atom. The van der Waals surface area contributed by atoms with Crippen LogP contribution in [0.25, 0.3) is 0 Å². The van der Waals surface area contributed by atoms with Crippen molar-refractivity contribution in [2.24, 2.45) is 10.8 Å². The molecule has 0 saturated carbocycles. The van der Waals surface area contributed by atoms with Crippen molar-refractivity contribution < 1.29 is 41.6 Å². The van der Waals surface area contributed by atoms with E-state index < -0.39 is 44.4 Å². The van der Waals surface area contributed by atoms with Gasteiger partial charge in [0.2, 0.25) is 0 Å². The lowest BCUT2D eigenvalue weighted by Gasteiger charge is -2.44. The highest BCUT2D eigenvalue weighted by Crippen LogP contribution is 2.39. The van der Waals surface area contributed by atoms with Gasteiger partial charge in [-0.3, -0.25) is 14.1 Å². The summed E-state index contributed by atoms with van der Waals surface area (Å²) in [6.07, 6.45) is -0.505. The van der Waals surface area contributed by atoms with Gasteiger partial charge in [0.25, 0.3) is 10.1 Å². The summed E-state index contributed by atoms with van der Waals surface area (Å²) in [5.41, 5.74) is -1.85. The monoisotopic (exact) mass is 663 g/mol. The highest BCUT2D eigenvalue weighted by atomic mass is 32.2. The van der Waals surface area contributed by atoms with E-state index >= 15 is 0 Å². The fraction of sp³-hybridized carbons (Fsp3) is 0.571. The third-order valence-corrected chi connectivity index (χ3v) is 8.58. The van der Waals surface area contributed by atoms with Gasteiger partial charge in [-0.1, -0.05) is 65.0 Å². The van der Waals surface area contributed by atoms with Gasteiger partial charge in [-0.15, -0.1) is 0 Å². The summed E-state index contributed by atoms with van der Waals surface area (Å²) in [5, 5.41) is 2.66. The number of carbonyl (C=O) groups excluding carboxylic acids is 3. The van der Waals surface area contributed by atoms with Gasteiger partial charge in [-0.25, -0.2) is 0 Å². The van der Waals surface area contributed by atoms with Crippen LogP contribution in [-0.2, 0) is 40.4 Å². The fourth-order valence-corrected chi connectivity index (χ4v) is 5.19. The number of hydrogen-bond acceptors (Lipinski definition) is 9. The Labute approximate surface area is 275 Å². The Morgan fingerprint density at radius 2 is 1.43 bits per heavy atom. The number of ketones is 2. The van der Waals surface area contributed by atoms with Crippen LogP contribution in [0, 0.1) is 10.8 Å². The van der Waals surface area contributed by atoms with Crippen molar-refractivity contribution in [3.8, 4) is 5.75 Å².